The highest BCUT2D eigenvalue weighted by atomic mass is 16.5. The number of nitrogens with one attached hydrogen (secondary N) is 1. The maximum atomic E-state index is 11.9. The smallest absolute Gasteiger partial charge is 0.338 e. The zero-order chi connectivity index (χ0) is 17.4. The molecule has 2 aromatic rings. The lowest BCUT2D eigenvalue weighted by atomic mass is 10.2. The Morgan fingerprint density at radius 3 is 2.33 bits per heavy atom. The van der Waals surface area contributed by atoms with Crippen LogP contribution < -0.4 is 14.8 Å². The molecule has 0 bridgehead atoms. The third kappa shape index (κ3) is 5.01. The first-order valence-electron chi connectivity index (χ1n) is 7.33. The molecule has 0 heterocycles. The summed E-state index contributed by atoms with van der Waals surface area (Å²) in [4.78, 5) is 23.7. The van der Waals surface area contributed by atoms with E-state index in [2.05, 4.69) is 5.32 Å². The molecule has 0 aromatic heterocycles. The summed E-state index contributed by atoms with van der Waals surface area (Å²) in [7, 11) is 3.09. The highest BCUT2D eigenvalue weighted by Gasteiger charge is 2.11. The Kier molecular flexibility index (Phi) is 6.19. The summed E-state index contributed by atoms with van der Waals surface area (Å²) in [6.07, 6.45) is 0. The summed E-state index contributed by atoms with van der Waals surface area (Å²) < 4.78 is 15.1. The lowest BCUT2D eigenvalue weighted by Gasteiger charge is -2.08. The Hall–Kier alpha value is -3.02. The van der Waals surface area contributed by atoms with Crippen LogP contribution in [-0.2, 0) is 16.1 Å². The maximum Gasteiger partial charge on any atom is 0.338 e. The lowest BCUT2D eigenvalue weighted by Crippen LogP contribution is -2.28. The number of methoxy groups -OCH3 is 2. The van der Waals surface area contributed by atoms with Crippen molar-refractivity contribution in [2.75, 3.05) is 20.8 Å². The molecule has 0 unspecified atom stereocenters. The zero-order valence-corrected chi connectivity index (χ0v) is 13.6. The van der Waals surface area contributed by atoms with Crippen molar-refractivity contribution in [3.8, 4) is 11.5 Å². The van der Waals surface area contributed by atoms with Gasteiger partial charge in [0.2, 0.25) is 0 Å². The molecule has 6 nitrogen and oxygen atoms in total. The average molecular weight is 329 g/mol. The number of ether oxygens (including phenoxy) is 3. The lowest BCUT2D eigenvalue weighted by molar-refractivity contribution is -0.124. The van der Waals surface area contributed by atoms with E-state index in [1.807, 2.05) is 24.3 Å². The maximum absolute atomic E-state index is 11.9. The average Bonchev–Trinajstić information content (AvgIpc) is 2.64. The fourth-order valence-corrected chi connectivity index (χ4v) is 2.00. The Morgan fingerprint density at radius 2 is 1.62 bits per heavy atom. The third-order valence-electron chi connectivity index (χ3n) is 3.26. The van der Waals surface area contributed by atoms with E-state index in [1.165, 1.54) is 7.11 Å². The van der Waals surface area contributed by atoms with Crippen LogP contribution >= 0.6 is 0 Å². The third-order valence-corrected chi connectivity index (χ3v) is 3.26. The normalized spacial score (nSPS) is 9.92. The van der Waals surface area contributed by atoms with Gasteiger partial charge in [-0.05, 0) is 35.9 Å². The number of hydrogen-bond donors (Lipinski definition) is 1. The molecule has 0 aliphatic heterocycles. The summed E-state index contributed by atoms with van der Waals surface area (Å²) >= 11 is 0. The van der Waals surface area contributed by atoms with Gasteiger partial charge in [0.15, 0.2) is 6.61 Å². The molecule has 6 heteroatoms. The van der Waals surface area contributed by atoms with Gasteiger partial charge < -0.3 is 19.5 Å². The number of amides is 1. The van der Waals surface area contributed by atoms with Gasteiger partial charge in [-0.2, -0.15) is 0 Å². The quantitative estimate of drug-likeness (QED) is 0.788. The summed E-state index contributed by atoms with van der Waals surface area (Å²) in [6.45, 7) is -0.0211. The second-order valence-electron chi connectivity index (χ2n) is 4.94. The Labute approximate surface area is 140 Å². The van der Waals surface area contributed by atoms with Crippen molar-refractivity contribution in [2.45, 2.75) is 6.54 Å². The largest absolute Gasteiger partial charge is 0.497 e. The van der Waals surface area contributed by atoms with Gasteiger partial charge in [-0.3, -0.25) is 4.79 Å². The zero-order valence-electron chi connectivity index (χ0n) is 13.6. The molecule has 0 spiro atoms. The Bertz CT molecular complexity index is 714. The van der Waals surface area contributed by atoms with Crippen LogP contribution in [0.15, 0.2) is 48.5 Å². The Morgan fingerprint density at radius 1 is 0.958 bits per heavy atom. The van der Waals surface area contributed by atoms with E-state index in [4.69, 9.17) is 14.2 Å². The summed E-state index contributed by atoms with van der Waals surface area (Å²) in [5.74, 6) is 0.303. The molecular formula is C18H19NO5. The summed E-state index contributed by atoms with van der Waals surface area (Å²) in [5.41, 5.74) is 1.22. The van der Waals surface area contributed by atoms with Gasteiger partial charge in [-0.1, -0.05) is 18.2 Å². The Balaban J connectivity index is 1.80. The van der Waals surface area contributed by atoms with Crippen LogP contribution in [0.25, 0.3) is 0 Å². The minimum Gasteiger partial charge on any atom is -0.497 e. The molecule has 0 radical (unpaired) electrons. The summed E-state index contributed by atoms with van der Waals surface area (Å²) in [5, 5.41) is 2.68. The fourth-order valence-electron chi connectivity index (χ4n) is 2.00. The number of carbonyl (C=O) groups is 2. The van der Waals surface area contributed by atoms with Gasteiger partial charge >= 0.3 is 5.97 Å². The van der Waals surface area contributed by atoms with Crippen molar-refractivity contribution >= 4 is 11.9 Å². The molecule has 126 valence electrons. The first kappa shape index (κ1) is 17.3. The van der Waals surface area contributed by atoms with Gasteiger partial charge in [0.25, 0.3) is 5.91 Å². The molecular weight excluding hydrogens is 310 g/mol. The van der Waals surface area contributed by atoms with Gasteiger partial charge in [0.05, 0.1) is 19.8 Å². The SMILES string of the molecule is COc1cccc(CNC(=O)COC(=O)c2cccc(OC)c2)c1. The minimum atomic E-state index is -0.578. The molecule has 1 N–H and O–H groups in total. The molecule has 0 atom stereocenters. The van der Waals surface area contributed by atoms with E-state index >= 15 is 0 Å². The molecule has 0 aliphatic rings. The van der Waals surface area contributed by atoms with Crippen molar-refractivity contribution in [1.82, 2.24) is 5.32 Å². The van der Waals surface area contributed by atoms with Crippen LogP contribution in [-0.4, -0.2) is 32.7 Å². The van der Waals surface area contributed by atoms with Gasteiger partial charge in [0, 0.05) is 6.54 Å². The number of esters is 1. The highest BCUT2D eigenvalue weighted by molar-refractivity contribution is 5.91. The number of hydrogen-bond acceptors (Lipinski definition) is 5. The molecule has 0 fully saturated rings. The van der Waals surface area contributed by atoms with Gasteiger partial charge in [0.1, 0.15) is 11.5 Å². The topological polar surface area (TPSA) is 73.9 Å². The fraction of sp³-hybridized carbons (Fsp3) is 0.222. The second kappa shape index (κ2) is 8.57. The van der Waals surface area contributed by atoms with Crippen LogP contribution in [0, 0.1) is 0 Å². The molecule has 0 saturated carbocycles. The van der Waals surface area contributed by atoms with E-state index in [0.717, 1.165) is 5.56 Å². The molecule has 24 heavy (non-hydrogen) atoms. The number of benzene rings is 2. The van der Waals surface area contributed by atoms with Crippen LogP contribution in [0.1, 0.15) is 15.9 Å². The number of rotatable bonds is 7. The molecule has 0 saturated heterocycles. The molecule has 2 aromatic carbocycles. The standard InChI is InChI=1S/C18H19NO5/c1-22-15-7-3-5-13(9-15)11-19-17(20)12-24-18(21)14-6-4-8-16(10-14)23-2/h3-10H,11-12H2,1-2H3,(H,19,20). The highest BCUT2D eigenvalue weighted by Crippen LogP contribution is 2.13. The van der Waals surface area contributed by atoms with Crippen LogP contribution in [0.3, 0.4) is 0 Å². The predicted octanol–water partition coefficient (Wildman–Crippen LogP) is 2.18. The predicted molar refractivity (Wildman–Crippen MR) is 88.1 cm³/mol. The monoisotopic (exact) mass is 329 g/mol. The van der Waals surface area contributed by atoms with Crippen molar-refractivity contribution in [3.63, 3.8) is 0 Å². The first-order chi connectivity index (χ1) is 11.6. The van der Waals surface area contributed by atoms with E-state index in [0.29, 0.717) is 23.6 Å². The van der Waals surface area contributed by atoms with E-state index in [1.54, 1.807) is 31.4 Å². The van der Waals surface area contributed by atoms with Crippen molar-refractivity contribution in [3.05, 3.63) is 59.7 Å². The minimum absolute atomic E-state index is 0.326. The van der Waals surface area contributed by atoms with Crippen LogP contribution in [0.4, 0.5) is 0 Å². The molecule has 2 rings (SSSR count). The molecule has 0 aliphatic carbocycles. The van der Waals surface area contributed by atoms with Crippen molar-refractivity contribution in [2.24, 2.45) is 0 Å². The van der Waals surface area contributed by atoms with Crippen molar-refractivity contribution < 1.29 is 23.8 Å². The summed E-state index contributed by atoms with van der Waals surface area (Å²) in [6, 6.07) is 13.9. The molecule has 1 amide bonds. The van der Waals surface area contributed by atoms with Gasteiger partial charge in [-0.15, -0.1) is 0 Å². The van der Waals surface area contributed by atoms with Crippen molar-refractivity contribution in [1.29, 1.82) is 0 Å². The van der Waals surface area contributed by atoms with Crippen LogP contribution in [0.5, 0.6) is 11.5 Å². The van der Waals surface area contributed by atoms with E-state index in [-0.39, 0.29) is 12.5 Å². The van der Waals surface area contributed by atoms with Gasteiger partial charge in [-0.25, -0.2) is 4.79 Å². The van der Waals surface area contributed by atoms with Crippen LogP contribution in [0.2, 0.25) is 0 Å². The number of carbonyl (C=O) groups excluding carboxylic acids is 2. The first-order valence-corrected chi connectivity index (χ1v) is 7.33. The van der Waals surface area contributed by atoms with E-state index in [9.17, 15) is 9.59 Å². The second-order valence-corrected chi connectivity index (χ2v) is 4.94. The van der Waals surface area contributed by atoms with E-state index < -0.39 is 5.97 Å².